The Morgan fingerprint density at radius 1 is 1.00 bits per heavy atom. The summed E-state index contributed by atoms with van der Waals surface area (Å²) in [4.78, 5) is 0. The molecule has 1 aromatic heterocycles. The van der Waals surface area contributed by atoms with E-state index in [1.807, 2.05) is 42.5 Å². The highest BCUT2D eigenvalue weighted by Crippen LogP contribution is 2.21. The van der Waals surface area contributed by atoms with Gasteiger partial charge in [-0.25, -0.2) is 4.39 Å². The van der Waals surface area contributed by atoms with E-state index in [9.17, 15) is 4.39 Å². The number of H-pyrrole nitrogens is 1. The lowest BCUT2D eigenvalue weighted by atomic mass is 10.1. The Morgan fingerprint density at radius 3 is 2.55 bits per heavy atom. The smallest absolute Gasteiger partial charge is 0.190 e. The van der Waals surface area contributed by atoms with Crippen LogP contribution in [0.25, 0.3) is 23.4 Å². The van der Waals surface area contributed by atoms with Gasteiger partial charge in [-0.3, -0.25) is 0 Å². The Morgan fingerprint density at radius 2 is 1.77 bits per heavy atom. The van der Waals surface area contributed by atoms with Crippen LogP contribution in [0.3, 0.4) is 0 Å². The van der Waals surface area contributed by atoms with E-state index >= 15 is 0 Å². The minimum atomic E-state index is -0.255. The number of rotatable bonds is 3. The van der Waals surface area contributed by atoms with E-state index in [1.165, 1.54) is 12.1 Å². The van der Waals surface area contributed by atoms with Crippen LogP contribution in [0.1, 0.15) is 16.8 Å². The molecular weight excluding hydrogens is 279 g/mol. The van der Waals surface area contributed by atoms with Crippen molar-refractivity contribution in [3.63, 3.8) is 0 Å². The van der Waals surface area contributed by atoms with E-state index in [4.69, 9.17) is 5.26 Å². The topological polar surface area (TPSA) is 65.4 Å². The Hall–Kier alpha value is -3.26. The molecule has 106 valence electrons. The van der Waals surface area contributed by atoms with E-state index in [-0.39, 0.29) is 11.5 Å². The van der Waals surface area contributed by atoms with Crippen LogP contribution in [0.5, 0.6) is 0 Å². The lowest BCUT2D eigenvalue weighted by Gasteiger charge is -1.99. The average Bonchev–Trinajstić information content (AvgIpc) is 3.03. The molecule has 1 N–H and O–H groups in total. The largest absolute Gasteiger partial charge is 0.207 e. The second kappa shape index (κ2) is 6.02. The average molecular weight is 290 g/mol. The first kappa shape index (κ1) is 13.7. The van der Waals surface area contributed by atoms with Gasteiger partial charge in [0, 0.05) is 5.56 Å². The molecule has 3 rings (SSSR count). The van der Waals surface area contributed by atoms with Gasteiger partial charge >= 0.3 is 0 Å². The molecule has 0 aliphatic rings. The molecule has 0 bridgehead atoms. The number of nitrogens with zero attached hydrogens (tertiary/aromatic N) is 3. The van der Waals surface area contributed by atoms with Gasteiger partial charge in [-0.15, -0.1) is 5.10 Å². The molecule has 0 unspecified atom stereocenters. The molecular formula is C17H11FN4. The first-order valence-corrected chi connectivity index (χ1v) is 6.61. The number of aromatic amines is 1. The van der Waals surface area contributed by atoms with Crippen LogP contribution in [-0.4, -0.2) is 15.4 Å². The molecule has 0 aliphatic heterocycles. The van der Waals surface area contributed by atoms with Crippen molar-refractivity contribution in [1.29, 1.82) is 5.26 Å². The Bertz CT molecular complexity index is 857. The summed E-state index contributed by atoms with van der Waals surface area (Å²) in [6.07, 6.45) is 3.81. The van der Waals surface area contributed by atoms with Crippen molar-refractivity contribution in [2.75, 3.05) is 0 Å². The minimum absolute atomic E-state index is 0.255. The lowest BCUT2D eigenvalue weighted by molar-refractivity contribution is 0.628. The third kappa shape index (κ3) is 2.91. The second-order valence-electron chi connectivity index (χ2n) is 4.64. The van der Waals surface area contributed by atoms with E-state index in [0.717, 1.165) is 16.7 Å². The quantitative estimate of drug-likeness (QED) is 0.749. The fourth-order valence-corrected chi connectivity index (χ4v) is 2.07. The second-order valence-corrected chi connectivity index (χ2v) is 4.64. The van der Waals surface area contributed by atoms with E-state index in [1.54, 1.807) is 12.1 Å². The SMILES string of the molecule is N#Cc1n[nH]nc1-c1cccc(C=Cc2ccc(F)cc2)c1. The van der Waals surface area contributed by atoms with E-state index in [2.05, 4.69) is 15.4 Å². The molecule has 0 spiro atoms. The minimum Gasteiger partial charge on any atom is -0.207 e. The molecule has 0 radical (unpaired) electrons. The summed E-state index contributed by atoms with van der Waals surface area (Å²) in [5, 5.41) is 19.2. The van der Waals surface area contributed by atoms with Crippen LogP contribution in [0, 0.1) is 17.1 Å². The van der Waals surface area contributed by atoms with Crippen LogP contribution >= 0.6 is 0 Å². The third-order valence-corrected chi connectivity index (χ3v) is 3.15. The molecule has 0 saturated heterocycles. The summed E-state index contributed by atoms with van der Waals surface area (Å²) >= 11 is 0. The predicted molar refractivity (Wildman–Crippen MR) is 81.9 cm³/mol. The summed E-state index contributed by atoms with van der Waals surface area (Å²) in [5.74, 6) is -0.255. The number of hydrogen-bond acceptors (Lipinski definition) is 3. The first-order valence-electron chi connectivity index (χ1n) is 6.61. The van der Waals surface area contributed by atoms with Crippen LogP contribution < -0.4 is 0 Å². The fourth-order valence-electron chi connectivity index (χ4n) is 2.07. The number of nitriles is 1. The van der Waals surface area contributed by atoms with Crippen molar-refractivity contribution in [3.05, 3.63) is 71.2 Å². The van der Waals surface area contributed by atoms with Crippen molar-refractivity contribution in [2.24, 2.45) is 0 Å². The Labute approximate surface area is 126 Å². The number of halogens is 1. The molecule has 0 atom stereocenters. The standard InChI is InChI=1S/C17H11FN4/c18-15-8-6-12(7-9-15)4-5-13-2-1-3-14(10-13)17-16(11-19)20-22-21-17/h1-10H,(H,20,21,22). The zero-order valence-electron chi connectivity index (χ0n) is 11.5. The van der Waals surface area contributed by atoms with Crippen LogP contribution in [0.15, 0.2) is 48.5 Å². The van der Waals surface area contributed by atoms with Gasteiger partial charge in [0.1, 0.15) is 17.6 Å². The van der Waals surface area contributed by atoms with Crippen LogP contribution in [0.2, 0.25) is 0 Å². The fraction of sp³-hybridized carbons (Fsp3) is 0. The van der Waals surface area contributed by atoms with Gasteiger partial charge in [-0.1, -0.05) is 42.5 Å². The maximum Gasteiger partial charge on any atom is 0.190 e. The highest BCUT2D eigenvalue weighted by molar-refractivity contribution is 5.73. The van der Waals surface area contributed by atoms with Gasteiger partial charge in [0.15, 0.2) is 5.69 Å². The summed E-state index contributed by atoms with van der Waals surface area (Å²) in [6.45, 7) is 0. The maximum absolute atomic E-state index is 12.9. The first-order chi connectivity index (χ1) is 10.8. The van der Waals surface area contributed by atoms with Gasteiger partial charge < -0.3 is 0 Å². The van der Waals surface area contributed by atoms with Gasteiger partial charge in [-0.2, -0.15) is 15.6 Å². The molecule has 2 aromatic carbocycles. The summed E-state index contributed by atoms with van der Waals surface area (Å²) in [6, 6.07) is 15.9. The zero-order chi connectivity index (χ0) is 15.4. The van der Waals surface area contributed by atoms with Gasteiger partial charge in [-0.05, 0) is 29.3 Å². The molecule has 22 heavy (non-hydrogen) atoms. The van der Waals surface area contributed by atoms with E-state index < -0.39 is 0 Å². The van der Waals surface area contributed by atoms with Crippen molar-refractivity contribution >= 4 is 12.2 Å². The maximum atomic E-state index is 12.9. The highest BCUT2D eigenvalue weighted by Gasteiger charge is 2.09. The number of benzene rings is 2. The van der Waals surface area contributed by atoms with Crippen LogP contribution in [-0.2, 0) is 0 Å². The molecule has 0 amide bonds. The molecule has 1 heterocycles. The molecule has 0 aliphatic carbocycles. The van der Waals surface area contributed by atoms with Gasteiger partial charge in [0.25, 0.3) is 0 Å². The summed E-state index contributed by atoms with van der Waals surface area (Å²) in [7, 11) is 0. The van der Waals surface area contributed by atoms with Crippen molar-refractivity contribution in [2.45, 2.75) is 0 Å². The van der Waals surface area contributed by atoms with Crippen LogP contribution in [0.4, 0.5) is 4.39 Å². The third-order valence-electron chi connectivity index (χ3n) is 3.15. The van der Waals surface area contributed by atoms with Crippen molar-refractivity contribution in [1.82, 2.24) is 15.4 Å². The molecule has 4 nitrogen and oxygen atoms in total. The van der Waals surface area contributed by atoms with Crippen molar-refractivity contribution < 1.29 is 4.39 Å². The zero-order valence-corrected chi connectivity index (χ0v) is 11.5. The van der Waals surface area contributed by atoms with Gasteiger partial charge in [0.2, 0.25) is 0 Å². The Kier molecular flexibility index (Phi) is 3.75. The lowest BCUT2D eigenvalue weighted by Crippen LogP contribution is -1.83. The molecule has 3 aromatic rings. The monoisotopic (exact) mass is 290 g/mol. The predicted octanol–water partition coefficient (Wildman–Crippen LogP) is 3.65. The molecule has 0 fully saturated rings. The van der Waals surface area contributed by atoms with E-state index in [0.29, 0.717) is 5.69 Å². The van der Waals surface area contributed by atoms with Gasteiger partial charge in [0.05, 0.1) is 0 Å². The highest BCUT2D eigenvalue weighted by atomic mass is 19.1. The molecule has 5 heteroatoms. The number of nitrogens with one attached hydrogen (secondary N) is 1. The summed E-state index contributed by atoms with van der Waals surface area (Å²) < 4.78 is 12.9. The summed E-state index contributed by atoms with van der Waals surface area (Å²) in [5.41, 5.74) is 3.46. The number of aromatic nitrogens is 3. The van der Waals surface area contributed by atoms with Crippen molar-refractivity contribution in [3.8, 4) is 17.3 Å². The molecule has 0 saturated carbocycles. The number of hydrogen-bond donors (Lipinski definition) is 1. The normalized spacial score (nSPS) is 10.7. The Balaban J connectivity index is 1.89.